The van der Waals surface area contributed by atoms with E-state index in [0.717, 1.165) is 50.0 Å². The van der Waals surface area contributed by atoms with Crippen LogP contribution in [-0.4, -0.2) is 0 Å². The highest BCUT2D eigenvalue weighted by atomic mass is 16.3. The maximum atomic E-state index is 6.63. The molecule has 11 aromatic rings. The average molecular weight is 752 g/mol. The van der Waals surface area contributed by atoms with Crippen LogP contribution in [0.5, 0.6) is 0 Å². The molecule has 0 saturated carbocycles. The van der Waals surface area contributed by atoms with Crippen LogP contribution in [0.2, 0.25) is 0 Å². The Balaban J connectivity index is 1.03. The van der Waals surface area contributed by atoms with Crippen LogP contribution in [0.25, 0.3) is 65.7 Å². The van der Waals surface area contributed by atoms with Crippen molar-refractivity contribution in [2.45, 2.75) is 5.41 Å². The summed E-state index contributed by atoms with van der Waals surface area (Å²) in [5.41, 5.74) is 14.7. The number of anilines is 3. The fraction of sp³-hybridized carbons (Fsp3) is 0.0175. The van der Waals surface area contributed by atoms with Gasteiger partial charge in [-0.1, -0.05) is 170 Å². The Kier molecular flexibility index (Phi) is 7.48. The van der Waals surface area contributed by atoms with Crippen molar-refractivity contribution in [2.75, 3.05) is 4.90 Å². The molecule has 0 saturated heterocycles. The maximum absolute atomic E-state index is 6.63. The Labute approximate surface area is 342 Å². The van der Waals surface area contributed by atoms with Gasteiger partial charge in [0.1, 0.15) is 11.2 Å². The third-order valence-electron chi connectivity index (χ3n) is 12.5. The molecule has 0 amide bonds. The lowest BCUT2D eigenvalue weighted by Crippen LogP contribution is -2.28. The van der Waals surface area contributed by atoms with Crippen molar-refractivity contribution in [1.82, 2.24) is 0 Å². The zero-order valence-electron chi connectivity index (χ0n) is 32.2. The van der Waals surface area contributed by atoms with Gasteiger partial charge in [-0.15, -0.1) is 0 Å². The molecular formula is C57H37NO. The molecule has 0 bridgehead atoms. The number of hydrogen-bond donors (Lipinski definition) is 0. The van der Waals surface area contributed by atoms with Crippen LogP contribution in [-0.2, 0) is 5.41 Å². The molecule has 1 aliphatic rings. The highest BCUT2D eigenvalue weighted by Crippen LogP contribution is 2.56. The van der Waals surface area contributed by atoms with Crippen molar-refractivity contribution < 1.29 is 4.42 Å². The van der Waals surface area contributed by atoms with Gasteiger partial charge in [0.2, 0.25) is 0 Å². The minimum absolute atomic E-state index is 0.487. The monoisotopic (exact) mass is 751 g/mol. The number of furan rings is 1. The van der Waals surface area contributed by atoms with Crippen LogP contribution < -0.4 is 4.90 Å². The van der Waals surface area contributed by atoms with Crippen molar-refractivity contribution in [3.63, 3.8) is 0 Å². The van der Waals surface area contributed by atoms with Crippen molar-refractivity contribution >= 4 is 60.5 Å². The molecule has 1 aromatic heterocycles. The van der Waals surface area contributed by atoms with Gasteiger partial charge in [-0.05, 0) is 115 Å². The number of rotatable bonds is 6. The van der Waals surface area contributed by atoms with E-state index in [1.54, 1.807) is 0 Å². The number of benzene rings is 10. The van der Waals surface area contributed by atoms with Gasteiger partial charge in [-0.2, -0.15) is 0 Å². The first-order chi connectivity index (χ1) is 29.3. The molecule has 0 atom stereocenters. The second-order valence-corrected chi connectivity index (χ2v) is 15.6. The Morgan fingerprint density at radius 3 is 1.69 bits per heavy atom. The molecule has 2 nitrogen and oxygen atoms in total. The summed E-state index contributed by atoms with van der Waals surface area (Å²) in [7, 11) is 0. The summed E-state index contributed by atoms with van der Waals surface area (Å²) in [6.07, 6.45) is 0. The molecule has 0 fully saturated rings. The molecule has 59 heavy (non-hydrogen) atoms. The molecule has 276 valence electrons. The summed E-state index contributed by atoms with van der Waals surface area (Å²) in [5, 5.41) is 7.01. The van der Waals surface area contributed by atoms with E-state index in [4.69, 9.17) is 4.42 Å². The Hall–Kier alpha value is -7.68. The van der Waals surface area contributed by atoms with Crippen LogP contribution >= 0.6 is 0 Å². The predicted molar refractivity (Wildman–Crippen MR) is 246 cm³/mol. The van der Waals surface area contributed by atoms with E-state index < -0.39 is 5.41 Å². The van der Waals surface area contributed by atoms with Crippen LogP contribution in [0, 0.1) is 0 Å². The van der Waals surface area contributed by atoms with E-state index in [1.807, 2.05) is 6.07 Å². The van der Waals surface area contributed by atoms with Crippen LogP contribution in [0.15, 0.2) is 229 Å². The van der Waals surface area contributed by atoms with Crippen LogP contribution in [0.3, 0.4) is 0 Å². The molecule has 0 N–H and O–H groups in total. The van der Waals surface area contributed by atoms with E-state index in [0.29, 0.717) is 0 Å². The summed E-state index contributed by atoms with van der Waals surface area (Å²) in [5.74, 6) is 0. The lowest BCUT2D eigenvalue weighted by atomic mass is 9.67. The van der Waals surface area contributed by atoms with E-state index in [2.05, 4.69) is 223 Å². The molecule has 1 aliphatic carbocycles. The van der Waals surface area contributed by atoms with E-state index in [9.17, 15) is 0 Å². The van der Waals surface area contributed by atoms with Gasteiger partial charge in [-0.3, -0.25) is 0 Å². The number of fused-ring (bicyclic) bond motifs is 10. The molecule has 0 unspecified atom stereocenters. The van der Waals surface area contributed by atoms with Gasteiger partial charge in [0, 0.05) is 33.2 Å². The number of nitrogens with zero attached hydrogens (tertiary/aromatic N) is 1. The Morgan fingerprint density at radius 2 is 0.932 bits per heavy atom. The number of para-hydroxylation sites is 2. The normalized spacial score (nSPS) is 12.9. The first kappa shape index (κ1) is 33.5. The van der Waals surface area contributed by atoms with Crippen molar-refractivity contribution in [3.8, 4) is 22.3 Å². The SMILES string of the molecule is c1ccc(N(c2ccc(-c3cc4ccccc4c4c3ccc3c5ccccc5oc34)cc2)c2cccc(C3(c4ccccc4)c4ccccc4-c4ccccc43)c2)cc1. The second-order valence-electron chi connectivity index (χ2n) is 15.6. The first-order valence-corrected chi connectivity index (χ1v) is 20.3. The topological polar surface area (TPSA) is 16.4 Å². The lowest BCUT2D eigenvalue weighted by molar-refractivity contribution is 0.673. The van der Waals surface area contributed by atoms with Crippen LogP contribution in [0.4, 0.5) is 17.1 Å². The first-order valence-electron chi connectivity index (χ1n) is 20.3. The largest absolute Gasteiger partial charge is 0.455 e. The minimum atomic E-state index is -0.487. The van der Waals surface area contributed by atoms with Gasteiger partial charge in [0.05, 0.1) is 5.41 Å². The van der Waals surface area contributed by atoms with E-state index in [-0.39, 0.29) is 0 Å². The van der Waals surface area contributed by atoms with Gasteiger partial charge >= 0.3 is 0 Å². The van der Waals surface area contributed by atoms with Gasteiger partial charge in [-0.25, -0.2) is 0 Å². The van der Waals surface area contributed by atoms with E-state index in [1.165, 1.54) is 55.1 Å². The fourth-order valence-corrected chi connectivity index (χ4v) is 10.0. The predicted octanol–water partition coefficient (Wildman–Crippen LogP) is 15.4. The van der Waals surface area contributed by atoms with Crippen molar-refractivity contribution in [2.24, 2.45) is 0 Å². The smallest absolute Gasteiger partial charge is 0.143 e. The van der Waals surface area contributed by atoms with Crippen LogP contribution in [0.1, 0.15) is 22.3 Å². The summed E-state index contributed by atoms with van der Waals surface area (Å²) in [6, 6.07) is 81.7. The Bertz CT molecular complexity index is 3330. The third-order valence-corrected chi connectivity index (χ3v) is 12.5. The third kappa shape index (κ3) is 5.00. The summed E-state index contributed by atoms with van der Waals surface area (Å²) in [6.45, 7) is 0. The standard InChI is InChI=1S/C57H37NO/c1-3-17-40(18-4-1)57(52-27-12-9-24-46(52)47-25-10-13-28-53(47)57)41-19-15-22-44(37-41)58(42-20-5-2-6-21-42)43-32-30-38(31-33-43)51-36-39-16-7-8-23-45(39)55-49(51)34-35-50-48-26-11-14-29-54(48)59-56(50)55/h1-37H. The molecule has 0 spiro atoms. The highest BCUT2D eigenvalue weighted by Gasteiger charge is 2.46. The Morgan fingerprint density at radius 1 is 0.356 bits per heavy atom. The molecule has 10 aromatic carbocycles. The minimum Gasteiger partial charge on any atom is -0.455 e. The zero-order valence-corrected chi connectivity index (χ0v) is 32.2. The van der Waals surface area contributed by atoms with Gasteiger partial charge in [0.15, 0.2) is 0 Å². The molecular weight excluding hydrogens is 715 g/mol. The number of hydrogen-bond acceptors (Lipinski definition) is 2. The summed E-state index contributed by atoms with van der Waals surface area (Å²) < 4.78 is 6.63. The quantitative estimate of drug-likeness (QED) is 0.157. The fourth-order valence-electron chi connectivity index (χ4n) is 10.0. The molecule has 12 rings (SSSR count). The molecule has 0 radical (unpaired) electrons. The van der Waals surface area contributed by atoms with Crippen molar-refractivity contribution in [3.05, 3.63) is 247 Å². The van der Waals surface area contributed by atoms with Gasteiger partial charge in [0.25, 0.3) is 0 Å². The summed E-state index contributed by atoms with van der Waals surface area (Å²) in [4.78, 5) is 2.38. The highest BCUT2D eigenvalue weighted by molar-refractivity contribution is 6.26. The van der Waals surface area contributed by atoms with Gasteiger partial charge < -0.3 is 9.32 Å². The van der Waals surface area contributed by atoms with Crippen molar-refractivity contribution in [1.29, 1.82) is 0 Å². The lowest BCUT2D eigenvalue weighted by Gasteiger charge is -2.35. The molecule has 0 aliphatic heterocycles. The molecule has 1 heterocycles. The zero-order chi connectivity index (χ0) is 38.9. The second kappa shape index (κ2) is 13.2. The average Bonchev–Trinajstić information content (AvgIpc) is 3.84. The molecule has 2 heteroatoms. The van der Waals surface area contributed by atoms with E-state index >= 15 is 0 Å². The summed E-state index contributed by atoms with van der Waals surface area (Å²) >= 11 is 0. The maximum Gasteiger partial charge on any atom is 0.143 e.